The second kappa shape index (κ2) is 8.74. The van der Waals surface area contributed by atoms with Gasteiger partial charge in [0.2, 0.25) is 0 Å². The molecule has 4 aromatic heterocycles. The van der Waals surface area contributed by atoms with E-state index in [4.69, 9.17) is 0 Å². The maximum Gasteiger partial charge on any atom is 0.0481 e. The van der Waals surface area contributed by atoms with Gasteiger partial charge in [0, 0.05) is 34.1 Å². The zero-order valence-electron chi connectivity index (χ0n) is 18.9. The number of thiophene rings is 4. The van der Waals surface area contributed by atoms with Crippen molar-refractivity contribution >= 4 is 45.3 Å². The first-order valence-electron chi connectivity index (χ1n) is 10.7. The Hall–Kier alpha value is -1.20. The van der Waals surface area contributed by atoms with E-state index in [1.54, 1.807) is 4.88 Å². The monoisotopic (exact) mass is 470 g/mol. The first-order valence-corrected chi connectivity index (χ1v) is 14.0. The van der Waals surface area contributed by atoms with Crippen molar-refractivity contribution in [3.63, 3.8) is 0 Å². The fourth-order valence-electron chi connectivity index (χ4n) is 3.79. The summed E-state index contributed by atoms with van der Waals surface area (Å²) in [4.78, 5) is 10.1. The molecule has 0 atom stereocenters. The molecule has 0 unspecified atom stereocenters. The lowest BCUT2D eigenvalue weighted by atomic mass is 9.99. The highest BCUT2D eigenvalue weighted by Crippen LogP contribution is 2.47. The molecule has 0 radical (unpaired) electrons. The van der Waals surface area contributed by atoms with Crippen molar-refractivity contribution in [1.82, 2.24) is 0 Å². The number of aryl methyl sites for hydroxylation is 2. The van der Waals surface area contributed by atoms with Gasteiger partial charge in [0.1, 0.15) is 0 Å². The maximum absolute atomic E-state index is 2.46. The quantitative estimate of drug-likeness (QED) is 0.263. The van der Waals surface area contributed by atoms with Crippen molar-refractivity contribution in [2.24, 2.45) is 0 Å². The van der Waals surface area contributed by atoms with E-state index in [9.17, 15) is 0 Å². The Balaban J connectivity index is 1.74. The second-order valence-electron chi connectivity index (χ2n) is 8.59. The van der Waals surface area contributed by atoms with Crippen LogP contribution >= 0.6 is 45.3 Å². The predicted octanol–water partition coefficient (Wildman–Crippen LogP) is 10.4. The third-order valence-corrected chi connectivity index (χ3v) is 11.2. The third-order valence-electron chi connectivity index (χ3n) is 5.71. The van der Waals surface area contributed by atoms with E-state index in [0.717, 1.165) is 6.42 Å². The third kappa shape index (κ3) is 4.00. The Morgan fingerprint density at radius 1 is 0.767 bits per heavy atom. The van der Waals surface area contributed by atoms with Gasteiger partial charge in [0.05, 0.1) is 0 Å². The van der Waals surface area contributed by atoms with Crippen LogP contribution in [0.3, 0.4) is 0 Å². The lowest BCUT2D eigenvalue weighted by Gasteiger charge is -2.08. The highest BCUT2D eigenvalue weighted by Gasteiger charge is 2.19. The number of hydrogen-bond donors (Lipinski definition) is 0. The minimum atomic E-state index is 0.579. The summed E-state index contributed by atoms with van der Waals surface area (Å²) in [5.74, 6) is 1.17. The van der Waals surface area contributed by atoms with Crippen LogP contribution in [0.2, 0.25) is 0 Å². The zero-order valence-corrected chi connectivity index (χ0v) is 22.1. The Kier molecular flexibility index (Phi) is 6.41. The van der Waals surface area contributed by atoms with Gasteiger partial charge in [-0.2, -0.15) is 0 Å². The Morgan fingerprint density at radius 3 is 1.97 bits per heavy atom. The minimum Gasteiger partial charge on any atom is -0.142 e. The SMILES string of the molecule is CCc1cc(-c2cc(C(C)C)c(C(C)C)s2)sc1-c1ccc(-c2scc(C)c2C)s1. The van der Waals surface area contributed by atoms with Gasteiger partial charge >= 0.3 is 0 Å². The fraction of sp³-hybridized carbons (Fsp3) is 0.385. The number of hydrogen-bond acceptors (Lipinski definition) is 4. The largest absolute Gasteiger partial charge is 0.142 e. The van der Waals surface area contributed by atoms with Gasteiger partial charge in [0.25, 0.3) is 0 Å². The fourth-order valence-corrected chi connectivity index (χ4v) is 8.85. The van der Waals surface area contributed by atoms with Crippen molar-refractivity contribution in [2.75, 3.05) is 0 Å². The van der Waals surface area contributed by atoms with Gasteiger partial charge < -0.3 is 0 Å². The molecular weight excluding hydrogens is 441 g/mol. The normalized spacial score (nSPS) is 11.9. The summed E-state index contributed by atoms with van der Waals surface area (Å²) in [6.07, 6.45) is 1.08. The van der Waals surface area contributed by atoms with E-state index in [2.05, 4.69) is 78.1 Å². The molecule has 0 spiro atoms. The number of rotatable bonds is 6. The highest BCUT2D eigenvalue weighted by atomic mass is 32.1. The lowest BCUT2D eigenvalue weighted by Crippen LogP contribution is -1.91. The summed E-state index contributed by atoms with van der Waals surface area (Å²) in [7, 11) is 0. The molecule has 0 aliphatic rings. The molecule has 0 aliphatic carbocycles. The van der Waals surface area contributed by atoms with Crippen molar-refractivity contribution in [3.05, 3.63) is 56.8 Å². The maximum atomic E-state index is 2.46. The van der Waals surface area contributed by atoms with E-state index >= 15 is 0 Å². The van der Waals surface area contributed by atoms with E-state index in [-0.39, 0.29) is 0 Å². The van der Waals surface area contributed by atoms with Crippen molar-refractivity contribution in [2.45, 2.75) is 66.7 Å². The predicted molar refractivity (Wildman–Crippen MR) is 141 cm³/mol. The molecular formula is C26H30S4. The van der Waals surface area contributed by atoms with Gasteiger partial charge in [-0.15, -0.1) is 45.3 Å². The summed E-state index contributed by atoms with van der Waals surface area (Å²) in [6, 6.07) is 9.55. The van der Waals surface area contributed by atoms with E-state index in [1.165, 1.54) is 51.5 Å². The molecule has 4 heterocycles. The van der Waals surface area contributed by atoms with Crippen LogP contribution in [0.25, 0.3) is 29.3 Å². The smallest absolute Gasteiger partial charge is 0.0481 e. The van der Waals surface area contributed by atoms with Crippen LogP contribution in [0.5, 0.6) is 0 Å². The topological polar surface area (TPSA) is 0 Å². The zero-order chi connectivity index (χ0) is 21.6. The van der Waals surface area contributed by atoms with Crippen molar-refractivity contribution in [1.29, 1.82) is 0 Å². The average Bonchev–Trinajstić information content (AvgIpc) is 3.47. The first kappa shape index (κ1) is 22.0. The minimum absolute atomic E-state index is 0.579. The van der Waals surface area contributed by atoms with E-state index < -0.39 is 0 Å². The standard InChI is InChI=1S/C26H30S4/c1-8-18-11-22(23-12-19(14(2)3)24(29-23)15(4)5)30-26(18)21-10-9-20(28-21)25-17(7)16(6)13-27-25/h9-15H,8H2,1-7H3. The molecule has 158 valence electrons. The molecule has 0 bridgehead atoms. The van der Waals surface area contributed by atoms with Crippen LogP contribution in [0.4, 0.5) is 0 Å². The van der Waals surface area contributed by atoms with Gasteiger partial charge in [-0.05, 0) is 84.0 Å². The summed E-state index contributed by atoms with van der Waals surface area (Å²) >= 11 is 7.80. The van der Waals surface area contributed by atoms with Crippen LogP contribution in [0.15, 0.2) is 29.6 Å². The van der Waals surface area contributed by atoms with Gasteiger partial charge in [0.15, 0.2) is 0 Å². The molecule has 30 heavy (non-hydrogen) atoms. The van der Waals surface area contributed by atoms with Crippen LogP contribution in [0.1, 0.15) is 73.6 Å². The molecule has 0 saturated carbocycles. The molecule has 4 rings (SSSR count). The van der Waals surface area contributed by atoms with Crippen LogP contribution < -0.4 is 0 Å². The molecule has 0 amide bonds. The summed E-state index contributed by atoms with van der Waals surface area (Å²) in [5, 5.41) is 2.28. The van der Waals surface area contributed by atoms with Crippen LogP contribution in [-0.4, -0.2) is 0 Å². The van der Waals surface area contributed by atoms with Crippen molar-refractivity contribution < 1.29 is 0 Å². The lowest BCUT2D eigenvalue weighted by molar-refractivity contribution is 0.810. The molecule has 0 saturated heterocycles. The Bertz CT molecular complexity index is 1130. The molecule has 0 aliphatic heterocycles. The molecule has 0 N–H and O–H groups in total. The van der Waals surface area contributed by atoms with Gasteiger partial charge in [-0.1, -0.05) is 34.6 Å². The highest BCUT2D eigenvalue weighted by molar-refractivity contribution is 7.28. The molecule has 4 aromatic rings. The molecule has 0 fully saturated rings. The van der Waals surface area contributed by atoms with Crippen molar-refractivity contribution in [3.8, 4) is 29.3 Å². The summed E-state index contributed by atoms with van der Waals surface area (Å²) in [5.41, 5.74) is 5.84. The van der Waals surface area contributed by atoms with Gasteiger partial charge in [-0.3, -0.25) is 0 Å². The first-order chi connectivity index (χ1) is 14.3. The summed E-state index contributed by atoms with van der Waals surface area (Å²) in [6.45, 7) is 16.0. The second-order valence-corrected chi connectivity index (χ2v) is 12.7. The average molecular weight is 471 g/mol. The molecule has 0 nitrogen and oxygen atoms in total. The van der Waals surface area contributed by atoms with Crippen LogP contribution in [-0.2, 0) is 6.42 Å². The van der Waals surface area contributed by atoms with E-state index in [0.29, 0.717) is 11.8 Å². The van der Waals surface area contributed by atoms with Crippen LogP contribution in [0, 0.1) is 13.8 Å². The Labute approximate surface area is 197 Å². The molecule has 4 heteroatoms. The Morgan fingerprint density at radius 2 is 1.43 bits per heavy atom. The van der Waals surface area contributed by atoms with E-state index in [1.807, 2.05) is 45.3 Å². The molecule has 0 aromatic carbocycles. The summed E-state index contributed by atoms with van der Waals surface area (Å²) < 4.78 is 0. The van der Waals surface area contributed by atoms with Gasteiger partial charge in [-0.25, -0.2) is 0 Å².